The molecule has 0 bridgehead atoms. The number of hydrogen-bond acceptors (Lipinski definition) is 3. The molecule has 0 heterocycles. The van der Waals surface area contributed by atoms with E-state index in [9.17, 15) is 13.2 Å². The Morgan fingerprint density at radius 2 is 1.83 bits per heavy atom. The third-order valence-corrected chi connectivity index (χ3v) is 5.14. The van der Waals surface area contributed by atoms with Crippen LogP contribution in [0.15, 0.2) is 24.3 Å². The van der Waals surface area contributed by atoms with Crippen LogP contribution in [0.3, 0.4) is 0 Å². The molecule has 0 aliphatic rings. The van der Waals surface area contributed by atoms with E-state index in [0.29, 0.717) is 30.9 Å². The van der Waals surface area contributed by atoms with Gasteiger partial charge in [-0.05, 0) is 38.5 Å². The lowest BCUT2D eigenvalue weighted by molar-refractivity contribution is 0.0773. The van der Waals surface area contributed by atoms with Gasteiger partial charge in [0.05, 0.1) is 5.69 Å². The van der Waals surface area contributed by atoms with Crippen molar-refractivity contribution >= 4 is 21.8 Å². The van der Waals surface area contributed by atoms with E-state index in [1.807, 2.05) is 20.8 Å². The van der Waals surface area contributed by atoms with Gasteiger partial charge in [-0.2, -0.15) is 12.7 Å². The zero-order chi connectivity index (χ0) is 17.5. The van der Waals surface area contributed by atoms with E-state index in [1.165, 1.54) is 4.31 Å². The molecule has 7 heteroatoms. The number of nitrogens with zero attached hydrogens (tertiary/aromatic N) is 2. The van der Waals surface area contributed by atoms with Crippen LogP contribution in [0.5, 0.6) is 0 Å². The average Bonchev–Trinajstić information content (AvgIpc) is 2.53. The fourth-order valence-electron chi connectivity index (χ4n) is 2.14. The largest absolute Gasteiger partial charge is 0.339 e. The van der Waals surface area contributed by atoms with Crippen molar-refractivity contribution in [1.29, 1.82) is 0 Å². The van der Waals surface area contributed by atoms with E-state index in [4.69, 9.17) is 0 Å². The summed E-state index contributed by atoms with van der Waals surface area (Å²) in [6.07, 6.45) is 1.73. The van der Waals surface area contributed by atoms with Gasteiger partial charge in [-0.1, -0.05) is 19.4 Å². The van der Waals surface area contributed by atoms with Gasteiger partial charge >= 0.3 is 10.2 Å². The molecule has 0 saturated carbocycles. The maximum absolute atomic E-state index is 12.3. The first-order valence-electron chi connectivity index (χ1n) is 7.99. The quantitative estimate of drug-likeness (QED) is 0.750. The molecule has 23 heavy (non-hydrogen) atoms. The van der Waals surface area contributed by atoms with Crippen LogP contribution in [-0.4, -0.2) is 50.2 Å². The van der Waals surface area contributed by atoms with Crippen molar-refractivity contribution in [3.63, 3.8) is 0 Å². The predicted molar refractivity (Wildman–Crippen MR) is 93.8 cm³/mol. The highest BCUT2D eigenvalue weighted by molar-refractivity contribution is 7.90. The standard InChI is InChI=1S/C16H27N3O3S/c1-5-8-12-18(4)23(21,22)17-15-11-9-10-14(13-15)16(20)19(6-2)7-3/h9-11,13,17H,5-8,12H2,1-4H3. The van der Waals surface area contributed by atoms with Crippen molar-refractivity contribution in [3.05, 3.63) is 29.8 Å². The number of rotatable bonds is 9. The molecular weight excluding hydrogens is 314 g/mol. The Morgan fingerprint density at radius 1 is 1.17 bits per heavy atom. The fourth-order valence-corrected chi connectivity index (χ4v) is 3.09. The number of amides is 1. The number of nitrogens with one attached hydrogen (secondary N) is 1. The number of hydrogen-bond donors (Lipinski definition) is 1. The Bertz CT molecular complexity index is 613. The molecule has 0 aliphatic carbocycles. The second kappa shape index (κ2) is 8.88. The Labute approximate surface area is 139 Å². The Kier molecular flexibility index (Phi) is 7.51. The highest BCUT2D eigenvalue weighted by Gasteiger charge is 2.18. The molecular formula is C16H27N3O3S. The van der Waals surface area contributed by atoms with Crippen molar-refractivity contribution in [2.24, 2.45) is 0 Å². The molecule has 1 rings (SSSR count). The van der Waals surface area contributed by atoms with Crippen molar-refractivity contribution in [1.82, 2.24) is 9.21 Å². The van der Waals surface area contributed by atoms with Gasteiger partial charge < -0.3 is 4.90 Å². The maximum Gasteiger partial charge on any atom is 0.301 e. The number of anilines is 1. The lowest BCUT2D eigenvalue weighted by Crippen LogP contribution is -2.33. The van der Waals surface area contributed by atoms with E-state index in [2.05, 4.69) is 4.72 Å². The number of carbonyl (C=O) groups is 1. The molecule has 0 radical (unpaired) electrons. The first kappa shape index (κ1) is 19.4. The van der Waals surface area contributed by atoms with Gasteiger partial charge in [-0.3, -0.25) is 9.52 Å². The van der Waals surface area contributed by atoms with Gasteiger partial charge in [0.1, 0.15) is 0 Å². The summed E-state index contributed by atoms with van der Waals surface area (Å²) in [5.74, 6) is -0.101. The van der Waals surface area contributed by atoms with Crippen LogP contribution in [0.4, 0.5) is 5.69 Å². The third-order valence-electron chi connectivity index (χ3n) is 3.64. The molecule has 0 saturated heterocycles. The summed E-state index contributed by atoms with van der Waals surface area (Å²) in [6, 6.07) is 6.59. The van der Waals surface area contributed by atoms with Crippen LogP contribution in [0.25, 0.3) is 0 Å². The van der Waals surface area contributed by atoms with Crippen molar-refractivity contribution in [2.75, 3.05) is 31.4 Å². The summed E-state index contributed by atoms with van der Waals surface area (Å²) in [5, 5.41) is 0. The topological polar surface area (TPSA) is 69.7 Å². The molecule has 0 aromatic heterocycles. The lowest BCUT2D eigenvalue weighted by atomic mass is 10.2. The molecule has 0 unspecified atom stereocenters. The molecule has 6 nitrogen and oxygen atoms in total. The molecule has 130 valence electrons. The molecule has 0 spiro atoms. The molecule has 1 aromatic carbocycles. The van der Waals surface area contributed by atoms with Gasteiger partial charge in [0.2, 0.25) is 0 Å². The first-order chi connectivity index (χ1) is 10.9. The molecule has 1 N–H and O–H groups in total. The summed E-state index contributed by atoms with van der Waals surface area (Å²) in [7, 11) is -2.06. The molecule has 1 aromatic rings. The molecule has 1 amide bonds. The van der Waals surface area contributed by atoms with E-state index in [-0.39, 0.29) is 5.91 Å². The molecule has 0 aliphatic heterocycles. The summed E-state index contributed by atoms with van der Waals surface area (Å²) < 4.78 is 28.3. The fraction of sp³-hybridized carbons (Fsp3) is 0.562. The van der Waals surface area contributed by atoms with Gasteiger partial charge in [0, 0.05) is 32.2 Å². The average molecular weight is 341 g/mol. The molecule has 0 atom stereocenters. The summed E-state index contributed by atoms with van der Waals surface area (Å²) >= 11 is 0. The molecule has 0 fully saturated rings. The Hall–Kier alpha value is -1.60. The second-order valence-electron chi connectivity index (χ2n) is 5.34. The lowest BCUT2D eigenvalue weighted by Gasteiger charge is -2.20. The minimum Gasteiger partial charge on any atom is -0.339 e. The van der Waals surface area contributed by atoms with Crippen LogP contribution in [0, 0.1) is 0 Å². The van der Waals surface area contributed by atoms with Crippen molar-refractivity contribution < 1.29 is 13.2 Å². The maximum atomic E-state index is 12.3. The Balaban J connectivity index is 2.91. The smallest absolute Gasteiger partial charge is 0.301 e. The number of benzene rings is 1. The van der Waals surface area contributed by atoms with Crippen LogP contribution in [0.2, 0.25) is 0 Å². The van der Waals surface area contributed by atoms with Crippen molar-refractivity contribution in [2.45, 2.75) is 33.6 Å². The van der Waals surface area contributed by atoms with Crippen LogP contribution in [-0.2, 0) is 10.2 Å². The highest BCUT2D eigenvalue weighted by Crippen LogP contribution is 2.15. The second-order valence-corrected chi connectivity index (χ2v) is 7.12. The Morgan fingerprint density at radius 3 is 2.39 bits per heavy atom. The third kappa shape index (κ3) is 5.51. The summed E-state index contributed by atoms with van der Waals surface area (Å²) in [4.78, 5) is 14.0. The highest BCUT2D eigenvalue weighted by atomic mass is 32.2. The monoisotopic (exact) mass is 341 g/mol. The van der Waals surface area contributed by atoms with E-state index >= 15 is 0 Å². The number of carbonyl (C=O) groups excluding carboxylic acids is 1. The van der Waals surface area contributed by atoms with E-state index < -0.39 is 10.2 Å². The van der Waals surface area contributed by atoms with Crippen LogP contribution in [0.1, 0.15) is 44.0 Å². The zero-order valence-electron chi connectivity index (χ0n) is 14.4. The van der Waals surface area contributed by atoms with Crippen LogP contribution < -0.4 is 4.72 Å². The zero-order valence-corrected chi connectivity index (χ0v) is 15.2. The van der Waals surface area contributed by atoms with Gasteiger partial charge in [-0.15, -0.1) is 0 Å². The van der Waals surface area contributed by atoms with E-state index in [1.54, 1.807) is 36.2 Å². The number of unbranched alkanes of at least 4 members (excludes halogenated alkanes) is 1. The minimum absolute atomic E-state index is 0.101. The minimum atomic E-state index is -3.60. The van der Waals surface area contributed by atoms with Gasteiger partial charge in [0.25, 0.3) is 5.91 Å². The summed E-state index contributed by atoms with van der Waals surface area (Å²) in [6.45, 7) is 7.53. The van der Waals surface area contributed by atoms with Crippen molar-refractivity contribution in [3.8, 4) is 0 Å². The predicted octanol–water partition coefficient (Wildman–Crippen LogP) is 2.56. The first-order valence-corrected chi connectivity index (χ1v) is 9.43. The summed E-state index contributed by atoms with van der Waals surface area (Å²) in [5.41, 5.74) is 0.872. The van der Waals surface area contributed by atoms with E-state index in [0.717, 1.165) is 12.8 Å². The van der Waals surface area contributed by atoms with Crippen LogP contribution >= 0.6 is 0 Å². The van der Waals surface area contributed by atoms with Gasteiger partial charge in [-0.25, -0.2) is 0 Å². The normalized spacial score (nSPS) is 11.5. The SMILES string of the molecule is CCCCN(C)S(=O)(=O)Nc1cccc(C(=O)N(CC)CC)c1. The van der Waals surface area contributed by atoms with Gasteiger partial charge in [0.15, 0.2) is 0 Å².